The van der Waals surface area contributed by atoms with E-state index in [4.69, 9.17) is 9.72 Å². The normalized spacial score (nSPS) is 15.9. The van der Waals surface area contributed by atoms with Gasteiger partial charge in [0.2, 0.25) is 5.91 Å². The molecule has 2 aromatic carbocycles. The number of fused-ring (bicyclic) bond motifs is 1. The second-order valence-corrected chi connectivity index (χ2v) is 9.57. The summed E-state index contributed by atoms with van der Waals surface area (Å²) in [5.74, 6) is 0.885. The second kappa shape index (κ2) is 10.2. The largest absolute Gasteiger partial charge is 0.494 e. The molecule has 0 aliphatic carbocycles. The Labute approximate surface area is 203 Å². The lowest BCUT2D eigenvalue weighted by Gasteiger charge is -2.31. The standard InChI is InChI=1S/C27H28N4O2S/c1-2-33-23-9-10-24-25(17-23)34-27(30-24)31-15-3-4-21(18-31)26(32)29-22-7-5-19(6-8-22)16-20-11-13-28-14-12-20/h5-14,17,21H,2-4,15-16,18H2,1H3,(H,29,32)/t21-/m0/s1. The van der Waals surface area contributed by atoms with Crippen molar-refractivity contribution in [2.45, 2.75) is 26.2 Å². The fourth-order valence-electron chi connectivity index (χ4n) is 4.34. The molecule has 3 heterocycles. The first-order chi connectivity index (χ1) is 16.7. The van der Waals surface area contributed by atoms with Gasteiger partial charge in [0.05, 0.1) is 22.7 Å². The lowest BCUT2D eigenvalue weighted by atomic mass is 9.97. The fourth-order valence-corrected chi connectivity index (χ4v) is 5.36. The zero-order valence-corrected chi connectivity index (χ0v) is 20.1. The number of nitrogens with zero attached hydrogens (tertiary/aromatic N) is 3. The molecule has 1 fully saturated rings. The molecule has 0 unspecified atom stereocenters. The highest BCUT2D eigenvalue weighted by molar-refractivity contribution is 7.22. The molecular formula is C27H28N4O2S. The molecule has 0 radical (unpaired) electrons. The molecule has 6 nitrogen and oxygen atoms in total. The third-order valence-corrected chi connectivity index (χ3v) is 7.18. The maximum absolute atomic E-state index is 13.0. The maximum atomic E-state index is 13.0. The lowest BCUT2D eigenvalue weighted by molar-refractivity contribution is -0.120. The van der Waals surface area contributed by atoms with Crippen molar-refractivity contribution in [1.29, 1.82) is 0 Å². The molecule has 1 aliphatic rings. The van der Waals surface area contributed by atoms with E-state index in [-0.39, 0.29) is 11.8 Å². The molecule has 1 N–H and O–H groups in total. The zero-order valence-electron chi connectivity index (χ0n) is 19.2. The van der Waals surface area contributed by atoms with Gasteiger partial charge >= 0.3 is 0 Å². The molecule has 4 aromatic rings. The van der Waals surface area contributed by atoms with Crippen LogP contribution in [0.5, 0.6) is 5.75 Å². The van der Waals surface area contributed by atoms with Gasteiger partial charge in [-0.1, -0.05) is 23.5 Å². The van der Waals surface area contributed by atoms with E-state index >= 15 is 0 Å². The Morgan fingerprint density at radius 1 is 1.12 bits per heavy atom. The number of amides is 1. The van der Waals surface area contributed by atoms with Crippen LogP contribution in [-0.4, -0.2) is 35.6 Å². The minimum atomic E-state index is -0.0590. The predicted octanol–water partition coefficient (Wildman–Crippen LogP) is 5.54. The number of thiazole rings is 1. The molecular weight excluding hydrogens is 444 g/mol. The van der Waals surface area contributed by atoms with Crippen LogP contribution < -0.4 is 15.0 Å². The van der Waals surface area contributed by atoms with Crippen LogP contribution >= 0.6 is 11.3 Å². The highest BCUT2D eigenvalue weighted by Crippen LogP contribution is 2.33. The smallest absolute Gasteiger partial charge is 0.229 e. The monoisotopic (exact) mass is 472 g/mol. The number of carbonyl (C=O) groups is 1. The van der Waals surface area contributed by atoms with Gasteiger partial charge in [0, 0.05) is 31.2 Å². The second-order valence-electron chi connectivity index (χ2n) is 8.56. The minimum Gasteiger partial charge on any atom is -0.494 e. The fraction of sp³-hybridized carbons (Fsp3) is 0.296. The van der Waals surface area contributed by atoms with Crippen LogP contribution in [-0.2, 0) is 11.2 Å². The average molecular weight is 473 g/mol. The van der Waals surface area contributed by atoms with Crippen LogP contribution in [0, 0.1) is 5.92 Å². The molecule has 1 aliphatic heterocycles. The first kappa shape index (κ1) is 22.3. The zero-order chi connectivity index (χ0) is 23.3. The number of hydrogen-bond donors (Lipinski definition) is 1. The van der Waals surface area contributed by atoms with E-state index in [0.717, 1.165) is 52.6 Å². The van der Waals surface area contributed by atoms with Gasteiger partial charge < -0.3 is 15.0 Å². The maximum Gasteiger partial charge on any atom is 0.229 e. The van der Waals surface area contributed by atoms with Crippen molar-refractivity contribution in [2.24, 2.45) is 5.92 Å². The quantitative estimate of drug-likeness (QED) is 0.383. The van der Waals surface area contributed by atoms with Gasteiger partial charge in [0.15, 0.2) is 5.13 Å². The molecule has 34 heavy (non-hydrogen) atoms. The first-order valence-electron chi connectivity index (χ1n) is 11.7. The molecule has 1 saturated heterocycles. The summed E-state index contributed by atoms with van der Waals surface area (Å²) >= 11 is 1.66. The predicted molar refractivity (Wildman–Crippen MR) is 138 cm³/mol. The van der Waals surface area contributed by atoms with Crippen molar-refractivity contribution in [3.05, 3.63) is 78.1 Å². The average Bonchev–Trinajstić information content (AvgIpc) is 3.30. The molecule has 1 atom stereocenters. The van der Waals surface area contributed by atoms with Crippen LogP contribution in [0.3, 0.4) is 0 Å². The third-order valence-electron chi connectivity index (χ3n) is 6.10. The van der Waals surface area contributed by atoms with Crippen molar-refractivity contribution in [1.82, 2.24) is 9.97 Å². The van der Waals surface area contributed by atoms with Crippen LogP contribution in [0.1, 0.15) is 30.9 Å². The molecule has 1 amide bonds. The molecule has 2 aromatic heterocycles. The molecule has 0 spiro atoms. The van der Waals surface area contributed by atoms with E-state index in [0.29, 0.717) is 13.2 Å². The van der Waals surface area contributed by atoms with Crippen molar-refractivity contribution in [3.63, 3.8) is 0 Å². The Morgan fingerprint density at radius 2 is 1.91 bits per heavy atom. The van der Waals surface area contributed by atoms with Gasteiger partial charge in [-0.3, -0.25) is 9.78 Å². The van der Waals surface area contributed by atoms with Crippen molar-refractivity contribution in [2.75, 3.05) is 29.9 Å². The van der Waals surface area contributed by atoms with E-state index in [2.05, 4.69) is 27.3 Å². The Hall–Kier alpha value is -3.45. The van der Waals surface area contributed by atoms with Crippen LogP contribution in [0.2, 0.25) is 0 Å². The van der Waals surface area contributed by atoms with Crippen LogP contribution in [0.4, 0.5) is 10.8 Å². The van der Waals surface area contributed by atoms with Gasteiger partial charge in [-0.2, -0.15) is 0 Å². The van der Waals surface area contributed by atoms with E-state index in [1.54, 1.807) is 11.3 Å². The third kappa shape index (κ3) is 5.20. The molecule has 0 bridgehead atoms. The Bertz CT molecular complexity index is 1260. The van der Waals surface area contributed by atoms with Gasteiger partial charge in [-0.25, -0.2) is 4.98 Å². The van der Waals surface area contributed by atoms with E-state index in [1.165, 1.54) is 11.1 Å². The molecule has 174 valence electrons. The van der Waals surface area contributed by atoms with Gasteiger partial charge in [0.1, 0.15) is 5.75 Å². The number of ether oxygens (including phenoxy) is 1. The molecule has 5 rings (SSSR count). The van der Waals surface area contributed by atoms with E-state index in [9.17, 15) is 4.79 Å². The number of rotatable bonds is 7. The number of nitrogens with one attached hydrogen (secondary N) is 1. The van der Waals surface area contributed by atoms with Gasteiger partial charge in [-0.15, -0.1) is 0 Å². The highest BCUT2D eigenvalue weighted by atomic mass is 32.1. The Kier molecular flexibility index (Phi) is 6.72. The summed E-state index contributed by atoms with van der Waals surface area (Å²) < 4.78 is 6.73. The minimum absolute atomic E-state index is 0.0590. The Balaban J connectivity index is 1.21. The number of carbonyl (C=O) groups excluding carboxylic acids is 1. The summed E-state index contributed by atoms with van der Waals surface area (Å²) in [6.07, 6.45) is 6.33. The summed E-state index contributed by atoms with van der Waals surface area (Å²) in [6, 6.07) is 18.2. The first-order valence-corrected chi connectivity index (χ1v) is 12.6. The van der Waals surface area contributed by atoms with E-state index in [1.807, 2.05) is 61.8 Å². The summed E-state index contributed by atoms with van der Waals surface area (Å²) in [4.78, 5) is 24.2. The Morgan fingerprint density at radius 3 is 2.71 bits per heavy atom. The number of pyridine rings is 1. The molecule has 7 heteroatoms. The van der Waals surface area contributed by atoms with Crippen molar-refractivity contribution in [3.8, 4) is 5.75 Å². The summed E-state index contributed by atoms with van der Waals surface area (Å²) in [7, 11) is 0. The van der Waals surface area contributed by atoms with Crippen LogP contribution in [0.15, 0.2) is 67.0 Å². The number of anilines is 2. The number of benzene rings is 2. The topological polar surface area (TPSA) is 67.3 Å². The molecule has 0 saturated carbocycles. The number of hydrogen-bond acceptors (Lipinski definition) is 6. The summed E-state index contributed by atoms with van der Waals surface area (Å²) in [5.41, 5.74) is 4.24. The van der Waals surface area contributed by atoms with Crippen molar-refractivity contribution < 1.29 is 9.53 Å². The SMILES string of the molecule is CCOc1ccc2nc(N3CCC[C@H](C(=O)Nc4ccc(Cc5ccncc5)cc4)C3)sc2c1. The van der Waals surface area contributed by atoms with E-state index < -0.39 is 0 Å². The summed E-state index contributed by atoms with van der Waals surface area (Å²) in [6.45, 7) is 4.24. The van der Waals surface area contributed by atoms with Crippen molar-refractivity contribution >= 4 is 38.3 Å². The number of piperidine rings is 1. The number of aromatic nitrogens is 2. The highest BCUT2D eigenvalue weighted by Gasteiger charge is 2.27. The van der Waals surface area contributed by atoms with Crippen LogP contribution in [0.25, 0.3) is 10.2 Å². The lowest BCUT2D eigenvalue weighted by Crippen LogP contribution is -2.40. The summed E-state index contributed by atoms with van der Waals surface area (Å²) in [5, 5.41) is 4.09. The van der Waals surface area contributed by atoms with Gasteiger partial charge in [0.25, 0.3) is 0 Å². The van der Waals surface area contributed by atoms with Gasteiger partial charge in [-0.05, 0) is 79.8 Å².